The van der Waals surface area contributed by atoms with E-state index in [4.69, 9.17) is 0 Å². The van der Waals surface area contributed by atoms with Crippen LogP contribution in [0.25, 0.3) is 0 Å². The highest BCUT2D eigenvalue weighted by Crippen LogP contribution is 3.06. The zero-order chi connectivity index (χ0) is 10.8. The van der Waals surface area contributed by atoms with E-state index < -0.39 is 31.7 Å². The first-order valence-corrected chi connectivity index (χ1v) is 4.64. The predicted molar refractivity (Wildman–Crippen MR) is 29.1 cm³/mol. The molecule has 1 aliphatic heterocycles. The molecule has 0 fully saturated rings. The van der Waals surface area contributed by atoms with Crippen LogP contribution in [0.5, 0.6) is 0 Å². The van der Waals surface area contributed by atoms with Gasteiger partial charge in [-0.2, -0.15) is 13.2 Å². The summed E-state index contributed by atoms with van der Waals surface area (Å²) in [6.45, 7) is 0. The average molecular weight is 235 g/mol. The van der Waals surface area contributed by atoms with E-state index in [1.165, 1.54) is 0 Å². The molecule has 0 bridgehead atoms. The average Bonchev–Trinajstić information content (AvgIpc) is 1.87. The molecule has 10 heteroatoms. The van der Waals surface area contributed by atoms with Crippen LogP contribution in [0, 0.1) is 0 Å². The van der Waals surface area contributed by atoms with E-state index >= 15 is 0 Å². The molecule has 1 nitrogen and oxygen atoms in total. The number of nitrogens with zero attached hydrogens (tertiary/aromatic N) is 1. The Morgan fingerprint density at radius 2 is 1.54 bits per heavy atom. The molecule has 0 atom stereocenters. The summed E-state index contributed by atoms with van der Waals surface area (Å²) in [4.78, 5) is 0. The van der Waals surface area contributed by atoms with Crippen molar-refractivity contribution in [1.29, 1.82) is 0 Å². The molecule has 0 amide bonds. The summed E-state index contributed by atoms with van der Waals surface area (Å²) in [5.74, 6) is -3.00. The van der Waals surface area contributed by atoms with Crippen molar-refractivity contribution in [1.82, 2.24) is 5.12 Å². The maximum Gasteiger partial charge on any atom is 0.469 e. The molecule has 0 aliphatic carbocycles. The largest absolute Gasteiger partial charge is 0.469 e. The third kappa shape index (κ3) is 1.00. The van der Waals surface area contributed by atoms with Gasteiger partial charge in [-0.1, -0.05) is 4.48 Å². The zero-order valence-electron chi connectivity index (χ0n) is 5.46. The topological polar surface area (TPSA) is 3.24 Å². The first-order chi connectivity index (χ1) is 5.31. The minimum absolute atomic E-state index is 1.94. The summed E-state index contributed by atoms with van der Waals surface area (Å²) >= 11 is 0. The molecule has 0 radical (unpaired) electrons. The molecule has 0 unspecified atom stereocenters. The van der Waals surface area contributed by atoms with Gasteiger partial charge in [0.2, 0.25) is 5.95 Å². The Balaban J connectivity index is 3.50. The number of halogens is 8. The lowest BCUT2D eigenvalue weighted by Crippen LogP contribution is -2.40. The van der Waals surface area contributed by atoms with E-state index in [1.54, 1.807) is 0 Å². The first kappa shape index (κ1) is 10.4. The molecular weight excluding hydrogens is 234 g/mol. The van der Waals surface area contributed by atoms with Gasteiger partial charge >= 0.3 is 5.38 Å². The lowest BCUT2D eigenvalue weighted by atomic mass is 10.9. The Kier molecular flexibility index (Phi) is 1.30. The van der Waals surface area contributed by atoms with Crippen molar-refractivity contribution in [2.75, 3.05) is 0 Å². The van der Waals surface area contributed by atoms with E-state index in [2.05, 4.69) is 0 Å². The van der Waals surface area contributed by atoms with Gasteiger partial charge in [-0.25, -0.2) is 0 Å². The van der Waals surface area contributed by atoms with Gasteiger partial charge in [0.05, 0.1) is 0 Å². The molecule has 0 aromatic carbocycles. The van der Waals surface area contributed by atoms with Crippen molar-refractivity contribution in [2.45, 2.75) is 5.38 Å². The highest BCUT2D eigenvalue weighted by Gasteiger charge is 2.88. The molecule has 80 valence electrons. The lowest BCUT2D eigenvalue weighted by molar-refractivity contribution is -0.172. The lowest BCUT2D eigenvalue weighted by Gasteiger charge is -2.47. The van der Waals surface area contributed by atoms with Crippen LogP contribution in [-0.2, 0) is 0 Å². The molecule has 0 saturated heterocycles. The normalized spacial score (nSPS) is 38.2. The monoisotopic (exact) mass is 235 g/mol. The Bertz CT molecular complexity index is 298. The van der Waals surface area contributed by atoms with Gasteiger partial charge in [0.25, 0.3) is 9.84 Å². The Hall–Kier alpha value is -0.670. The van der Waals surface area contributed by atoms with Crippen LogP contribution >= 0.6 is 9.84 Å². The smallest absolute Gasteiger partial charge is 0.184 e. The third-order valence-corrected chi connectivity index (χ3v) is 3.12. The maximum absolute atomic E-state index is 12.0. The van der Waals surface area contributed by atoms with Crippen LogP contribution < -0.4 is 0 Å². The Labute approximate surface area is 66.0 Å². The first-order valence-electron chi connectivity index (χ1n) is 2.53. The van der Waals surface area contributed by atoms with Crippen molar-refractivity contribution >= 4 is 9.84 Å². The molecule has 0 saturated carbocycles. The minimum atomic E-state index is -10.1. The molecular formula is C3HF8NS. The molecule has 0 spiro atoms. The van der Waals surface area contributed by atoms with E-state index in [1.807, 2.05) is 0 Å². The van der Waals surface area contributed by atoms with Crippen LogP contribution in [-0.4, -0.2) is 10.5 Å². The molecule has 0 aromatic rings. The van der Waals surface area contributed by atoms with Crippen LogP contribution in [0.15, 0.2) is 11.4 Å². The highest BCUT2D eigenvalue weighted by molar-refractivity contribution is 8.52. The number of hydrogen-bond donors (Lipinski definition) is 0. The van der Waals surface area contributed by atoms with E-state index in [9.17, 15) is 33.2 Å². The van der Waals surface area contributed by atoms with Crippen LogP contribution in [0.3, 0.4) is 0 Å². The minimum Gasteiger partial charge on any atom is -0.184 e. The van der Waals surface area contributed by atoms with Crippen molar-refractivity contribution in [2.24, 2.45) is 0 Å². The Morgan fingerprint density at radius 1 is 1.15 bits per heavy atom. The van der Waals surface area contributed by atoms with Crippen molar-refractivity contribution in [3.05, 3.63) is 11.4 Å². The van der Waals surface area contributed by atoms with Crippen molar-refractivity contribution in [3.8, 4) is 0 Å². The van der Waals surface area contributed by atoms with Crippen LogP contribution in [0.1, 0.15) is 0 Å². The maximum atomic E-state index is 12.0. The second kappa shape index (κ2) is 1.62. The summed E-state index contributed by atoms with van der Waals surface area (Å²) in [6, 6.07) is 0. The summed E-state index contributed by atoms with van der Waals surface area (Å²) in [5.41, 5.74) is 0. The van der Waals surface area contributed by atoms with Gasteiger partial charge in [0, 0.05) is 0 Å². The van der Waals surface area contributed by atoms with Crippen molar-refractivity contribution < 1.29 is 33.2 Å². The zero-order valence-corrected chi connectivity index (χ0v) is 6.27. The van der Waals surface area contributed by atoms with E-state index in [0.717, 1.165) is 0 Å². The van der Waals surface area contributed by atoms with Gasteiger partial charge in [-0.3, -0.25) is 0 Å². The number of rotatable bonds is 0. The van der Waals surface area contributed by atoms with Gasteiger partial charge in [0.15, 0.2) is 0 Å². The molecule has 1 aliphatic rings. The summed E-state index contributed by atoms with van der Waals surface area (Å²) in [5, 5.41) is -11.0. The van der Waals surface area contributed by atoms with Gasteiger partial charge in [-0.05, 0) is 0 Å². The standard InChI is InChI=1S/C3HF8NS/c4-2-1-13(8,9,10,11)3(5,6)12(2)7/h1H. The van der Waals surface area contributed by atoms with Gasteiger partial charge in [-0.15, -0.1) is 20.7 Å². The second-order valence-electron chi connectivity index (χ2n) is 2.34. The summed E-state index contributed by atoms with van der Waals surface area (Å²) < 4.78 is 95.6. The predicted octanol–water partition coefficient (Wildman–Crippen LogP) is 3.92. The number of hydrogen-bond acceptors (Lipinski definition) is 1. The van der Waals surface area contributed by atoms with Gasteiger partial charge in [0.1, 0.15) is 5.41 Å². The second-order valence-corrected chi connectivity index (χ2v) is 5.33. The number of alkyl halides is 2. The quantitative estimate of drug-likeness (QED) is 0.349. The molecule has 0 N–H and O–H groups in total. The van der Waals surface area contributed by atoms with Gasteiger partial charge < -0.3 is 0 Å². The highest BCUT2D eigenvalue weighted by atomic mass is 32.5. The van der Waals surface area contributed by atoms with E-state index in [0.29, 0.717) is 0 Å². The molecule has 13 heavy (non-hydrogen) atoms. The van der Waals surface area contributed by atoms with Crippen molar-refractivity contribution in [3.63, 3.8) is 0 Å². The summed E-state index contributed by atoms with van der Waals surface area (Å²) in [7, 11) is -10.1. The molecule has 1 rings (SSSR count). The molecule has 1 heterocycles. The fraction of sp³-hybridized carbons (Fsp3) is 0.333. The third-order valence-electron chi connectivity index (χ3n) is 1.26. The molecule has 0 aromatic heterocycles. The summed E-state index contributed by atoms with van der Waals surface area (Å²) in [6.07, 6.45) is 0. The fourth-order valence-corrected chi connectivity index (χ4v) is 1.65. The van der Waals surface area contributed by atoms with Crippen LogP contribution in [0.2, 0.25) is 0 Å². The SMILES string of the molecule is FC1=CS(F)(F)(F)(F)C(F)(F)N1F. The fourth-order valence-electron chi connectivity index (χ4n) is 0.605. The van der Waals surface area contributed by atoms with Crippen LogP contribution in [0.4, 0.5) is 33.2 Å². The Morgan fingerprint density at radius 3 is 1.62 bits per heavy atom. The van der Waals surface area contributed by atoms with E-state index in [-0.39, 0.29) is 0 Å².